The van der Waals surface area contributed by atoms with E-state index in [0.717, 1.165) is 11.1 Å². The second-order valence-corrected chi connectivity index (χ2v) is 6.98. The highest BCUT2D eigenvalue weighted by atomic mass is 32.2. The minimum atomic E-state index is -3.14. The summed E-state index contributed by atoms with van der Waals surface area (Å²) in [5, 5.41) is 0. The molecule has 20 heavy (non-hydrogen) atoms. The Labute approximate surface area is 120 Å². The van der Waals surface area contributed by atoms with Crippen molar-refractivity contribution >= 4 is 10.0 Å². The van der Waals surface area contributed by atoms with Crippen molar-refractivity contribution in [3.8, 4) is 0 Å². The van der Waals surface area contributed by atoms with Crippen molar-refractivity contribution in [1.82, 2.24) is 9.29 Å². The average Bonchev–Trinajstić information content (AvgIpc) is 2.47. The maximum atomic E-state index is 11.9. The Morgan fingerprint density at radius 2 is 2.30 bits per heavy atom. The van der Waals surface area contributed by atoms with Crippen molar-refractivity contribution in [2.75, 3.05) is 18.9 Å². The third-order valence-electron chi connectivity index (χ3n) is 3.45. The summed E-state index contributed by atoms with van der Waals surface area (Å²) in [6, 6.07) is 0. The largest absolute Gasteiger partial charge is 0.373 e. The van der Waals surface area contributed by atoms with Gasteiger partial charge in [-0.2, -0.15) is 4.31 Å². The Morgan fingerprint density at radius 1 is 1.50 bits per heavy atom. The number of fused-ring (bicyclic) bond motifs is 1. The van der Waals surface area contributed by atoms with E-state index in [1.165, 1.54) is 9.87 Å². The highest BCUT2D eigenvalue weighted by Gasteiger charge is 2.26. The summed E-state index contributed by atoms with van der Waals surface area (Å²) in [6.45, 7) is 7.21. The van der Waals surface area contributed by atoms with Gasteiger partial charge in [-0.15, -0.1) is 6.58 Å². The summed E-state index contributed by atoms with van der Waals surface area (Å²) in [5.41, 5.74) is 3.19. The number of hydrogen-bond donors (Lipinski definition) is 0. The van der Waals surface area contributed by atoms with Crippen LogP contribution in [0.5, 0.6) is 0 Å². The van der Waals surface area contributed by atoms with E-state index in [4.69, 9.17) is 4.74 Å². The van der Waals surface area contributed by atoms with Gasteiger partial charge < -0.3 is 4.74 Å². The second-order valence-electron chi connectivity index (χ2n) is 4.72. The number of hydrogen-bond acceptors (Lipinski definition) is 4. The fraction of sp³-hybridized carbons (Fsp3) is 0.500. The van der Waals surface area contributed by atoms with Gasteiger partial charge >= 0.3 is 0 Å². The summed E-state index contributed by atoms with van der Waals surface area (Å²) in [5.74, 6) is 0.137. The highest BCUT2D eigenvalue weighted by molar-refractivity contribution is 7.89. The summed E-state index contributed by atoms with van der Waals surface area (Å²) < 4.78 is 30.9. The average molecular weight is 296 g/mol. The Kier molecular flexibility index (Phi) is 4.91. The fourth-order valence-corrected chi connectivity index (χ4v) is 3.41. The number of rotatable bonds is 6. The number of pyridine rings is 1. The minimum absolute atomic E-state index is 0.137. The smallest absolute Gasteiger partial charge is 0.214 e. The number of aromatic nitrogens is 1. The van der Waals surface area contributed by atoms with Crippen LogP contribution in [-0.2, 0) is 34.3 Å². The first-order chi connectivity index (χ1) is 9.58. The molecule has 0 aliphatic carbocycles. The van der Waals surface area contributed by atoms with E-state index in [-0.39, 0.29) is 5.75 Å². The van der Waals surface area contributed by atoms with Crippen LogP contribution in [0, 0.1) is 0 Å². The molecule has 0 amide bonds. The van der Waals surface area contributed by atoms with Gasteiger partial charge in [-0.3, -0.25) is 4.98 Å². The van der Waals surface area contributed by atoms with Gasteiger partial charge in [0, 0.05) is 25.5 Å². The Hall–Kier alpha value is -1.24. The number of nitrogens with zero attached hydrogens (tertiary/aromatic N) is 2. The molecular weight excluding hydrogens is 276 g/mol. The lowest BCUT2D eigenvalue weighted by molar-refractivity contribution is 0.147. The first-order valence-corrected chi connectivity index (χ1v) is 8.30. The Morgan fingerprint density at radius 3 is 3.00 bits per heavy atom. The molecule has 2 heterocycles. The number of sulfonamides is 1. The standard InChI is InChI=1S/C14H20N2O3S/c1-3-7-19-11-13-9-15-8-12-10-16(6-5-14(12)13)20(17,18)4-2/h3,8-9H,1,4-7,10-11H2,2H3. The molecule has 0 fully saturated rings. The molecule has 2 rings (SSSR count). The predicted molar refractivity (Wildman–Crippen MR) is 77.7 cm³/mol. The lowest BCUT2D eigenvalue weighted by Crippen LogP contribution is -2.37. The van der Waals surface area contributed by atoms with Crippen LogP contribution in [0.4, 0.5) is 0 Å². The van der Waals surface area contributed by atoms with Crippen molar-refractivity contribution in [3.05, 3.63) is 41.7 Å². The van der Waals surface area contributed by atoms with E-state index in [9.17, 15) is 8.42 Å². The van der Waals surface area contributed by atoms with Crippen LogP contribution in [-0.4, -0.2) is 36.6 Å². The fourth-order valence-electron chi connectivity index (χ4n) is 2.34. The van der Waals surface area contributed by atoms with Gasteiger partial charge in [-0.25, -0.2) is 8.42 Å². The van der Waals surface area contributed by atoms with Gasteiger partial charge in [0.1, 0.15) is 0 Å². The zero-order valence-corrected chi connectivity index (χ0v) is 12.5. The van der Waals surface area contributed by atoms with Crippen molar-refractivity contribution in [3.63, 3.8) is 0 Å². The lowest BCUT2D eigenvalue weighted by Gasteiger charge is -2.28. The summed E-state index contributed by atoms with van der Waals surface area (Å²) in [4.78, 5) is 4.19. The van der Waals surface area contributed by atoms with E-state index in [1.807, 2.05) is 0 Å². The molecule has 0 saturated heterocycles. The quantitative estimate of drug-likeness (QED) is 0.589. The zero-order chi connectivity index (χ0) is 14.6. The van der Waals surface area contributed by atoms with Crippen LogP contribution in [0.25, 0.3) is 0 Å². The van der Waals surface area contributed by atoms with E-state index < -0.39 is 10.0 Å². The molecule has 0 radical (unpaired) electrons. The predicted octanol–water partition coefficient (Wildman–Crippen LogP) is 1.49. The van der Waals surface area contributed by atoms with Crippen LogP contribution in [0.15, 0.2) is 25.0 Å². The van der Waals surface area contributed by atoms with Crippen LogP contribution in [0.1, 0.15) is 23.6 Å². The molecule has 0 N–H and O–H groups in total. The van der Waals surface area contributed by atoms with Crippen LogP contribution < -0.4 is 0 Å². The third-order valence-corrected chi connectivity index (χ3v) is 5.27. The monoisotopic (exact) mass is 296 g/mol. The van der Waals surface area contributed by atoms with E-state index >= 15 is 0 Å². The van der Waals surface area contributed by atoms with Crippen molar-refractivity contribution < 1.29 is 13.2 Å². The molecule has 1 aromatic heterocycles. The molecule has 0 spiro atoms. The lowest BCUT2D eigenvalue weighted by atomic mass is 9.99. The molecule has 0 atom stereocenters. The topological polar surface area (TPSA) is 59.5 Å². The third kappa shape index (κ3) is 3.26. The van der Waals surface area contributed by atoms with Crippen molar-refractivity contribution in [2.45, 2.75) is 26.5 Å². The number of ether oxygens (including phenoxy) is 1. The van der Waals surface area contributed by atoms with Crippen LogP contribution in [0.2, 0.25) is 0 Å². The van der Waals surface area contributed by atoms with Gasteiger partial charge in [-0.1, -0.05) is 6.08 Å². The molecule has 5 nitrogen and oxygen atoms in total. The molecule has 0 aromatic carbocycles. The molecule has 110 valence electrons. The zero-order valence-electron chi connectivity index (χ0n) is 11.7. The van der Waals surface area contributed by atoms with Crippen LogP contribution >= 0.6 is 0 Å². The van der Waals surface area contributed by atoms with Gasteiger partial charge in [-0.05, 0) is 30.0 Å². The normalized spacial score (nSPS) is 15.8. The molecular formula is C14H20N2O3S. The van der Waals surface area contributed by atoms with Gasteiger partial charge in [0.15, 0.2) is 0 Å². The van der Waals surface area contributed by atoms with Crippen LogP contribution in [0.3, 0.4) is 0 Å². The van der Waals surface area contributed by atoms with Crippen molar-refractivity contribution in [1.29, 1.82) is 0 Å². The summed E-state index contributed by atoms with van der Waals surface area (Å²) >= 11 is 0. The first-order valence-electron chi connectivity index (χ1n) is 6.69. The molecule has 0 saturated carbocycles. The molecule has 1 aromatic rings. The summed E-state index contributed by atoms with van der Waals surface area (Å²) in [6.07, 6.45) is 5.97. The SMILES string of the molecule is C=CCOCc1cncc2c1CCN(S(=O)(=O)CC)C2. The molecule has 6 heteroatoms. The van der Waals surface area contributed by atoms with Crippen molar-refractivity contribution in [2.24, 2.45) is 0 Å². The van der Waals surface area contributed by atoms with E-state index in [2.05, 4.69) is 11.6 Å². The molecule has 0 unspecified atom stereocenters. The Bertz CT molecular complexity index is 584. The second kappa shape index (κ2) is 6.47. The van der Waals surface area contributed by atoms with E-state index in [0.29, 0.717) is 32.7 Å². The van der Waals surface area contributed by atoms with Gasteiger partial charge in [0.2, 0.25) is 10.0 Å². The molecule has 0 bridgehead atoms. The molecule has 1 aliphatic rings. The first kappa shape index (κ1) is 15.2. The highest BCUT2D eigenvalue weighted by Crippen LogP contribution is 2.24. The maximum absolute atomic E-state index is 11.9. The maximum Gasteiger partial charge on any atom is 0.214 e. The van der Waals surface area contributed by atoms with E-state index in [1.54, 1.807) is 25.4 Å². The summed E-state index contributed by atoms with van der Waals surface area (Å²) in [7, 11) is -3.14. The molecule has 1 aliphatic heterocycles. The van der Waals surface area contributed by atoms with Gasteiger partial charge in [0.25, 0.3) is 0 Å². The minimum Gasteiger partial charge on any atom is -0.373 e. The Balaban J connectivity index is 2.18. The van der Waals surface area contributed by atoms with Gasteiger partial charge in [0.05, 0.1) is 19.0 Å².